The first kappa shape index (κ1) is 14.2. The van der Waals surface area contributed by atoms with Gasteiger partial charge in [0.2, 0.25) is 0 Å². The normalized spacial score (nSPS) is 16.2. The van der Waals surface area contributed by atoms with Gasteiger partial charge in [0.05, 0.1) is 0 Å². The lowest BCUT2D eigenvalue weighted by molar-refractivity contribution is 0.0692. The minimum absolute atomic E-state index is 0.219. The Bertz CT molecular complexity index is 419. The van der Waals surface area contributed by atoms with E-state index in [0.717, 1.165) is 6.54 Å². The number of para-hydroxylation sites is 1. The average molecular weight is 281 g/mol. The van der Waals surface area contributed by atoms with E-state index in [0.29, 0.717) is 18.4 Å². The van der Waals surface area contributed by atoms with Crippen LogP contribution in [-0.4, -0.2) is 41.8 Å². The molecule has 1 aromatic carbocycles. The molecule has 0 spiro atoms. The van der Waals surface area contributed by atoms with Gasteiger partial charge in [0.1, 0.15) is 17.9 Å². The second-order valence-electron chi connectivity index (χ2n) is 4.49. The first-order valence-electron chi connectivity index (χ1n) is 6.53. The van der Waals surface area contributed by atoms with Crippen molar-refractivity contribution in [3.8, 4) is 5.75 Å². The lowest BCUT2D eigenvalue weighted by Crippen LogP contribution is -2.35. The second kappa shape index (κ2) is 7.40. The lowest BCUT2D eigenvalue weighted by atomic mass is 10.1. The van der Waals surface area contributed by atoms with E-state index < -0.39 is 5.97 Å². The standard InChI is InChI=1S/C14H19NO3S/c16-14(17)12-3-1-2-4-13(12)18-8-7-15-11-5-9-19-10-6-11/h1-4,11,15H,5-10H2,(H,16,17). The molecule has 0 unspecified atom stereocenters. The summed E-state index contributed by atoms with van der Waals surface area (Å²) in [5.41, 5.74) is 0.219. The minimum Gasteiger partial charge on any atom is -0.491 e. The molecule has 0 aliphatic carbocycles. The average Bonchev–Trinajstić information content (AvgIpc) is 2.45. The Balaban J connectivity index is 1.74. The van der Waals surface area contributed by atoms with Crippen molar-refractivity contribution in [2.75, 3.05) is 24.7 Å². The number of aromatic carboxylic acids is 1. The van der Waals surface area contributed by atoms with Crippen LogP contribution in [0.5, 0.6) is 5.75 Å². The van der Waals surface area contributed by atoms with Crippen LogP contribution in [0.3, 0.4) is 0 Å². The molecule has 0 saturated carbocycles. The van der Waals surface area contributed by atoms with Crippen LogP contribution in [0.2, 0.25) is 0 Å². The van der Waals surface area contributed by atoms with Gasteiger partial charge in [0, 0.05) is 12.6 Å². The van der Waals surface area contributed by atoms with Crippen molar-refractivity contribution in [1.29, 1.82) is 0 Å². The van der Waals surface area contributed by atoms with E-state index in [1.54, 1.807) is 24.3 Å². The molecule has 0 bridgehead atoms. The molecule has 0 radical (unpaired) electrons. The second-order valence-corrected chi connectivity index (χ2v) is 5.72. The van der Waals surface area contributed by atoms with Crippen LogP contribution in [0.25, 0.3) is 0 Å². The SMILES string of the molecule is O=C(O)c1ccccc1OCCNC1CCSCC1. The van der Waals surface area contributed by atoms with Crippen molar-refractivity contribution in [2.24, 2.45) is 0 Å². The first-order chi connectivity index (χ1) is 9.27. The monoisotopic (exact) mass is 281 g/mol. The largest absolute Gasteiger partial charge is 0.491 e. The van der Waals surface area contributed by atoms with E-state index in [1.165, 1.54) is 24.3 Å². The Morgan fingerprint density at radius 2 is 2.11 bits per heavy atom. The molecule has 5 heteroatoms. The third-order valence-corrected chi connectivity index (χ3v) is 4.18. The molecule has 1 saturated heterocycles. The Hall–Kier alpha value is -1.20. The molecule has 1 aliphatic rings. The number of carboxylic acids is 1. The molecule has 1 heterocycles. The number of hydrogen-bond donors (Lipinski definition) is 2. The molecule has 2 N–H and O–H groups in total. The maximum atomic E-state index is 11.0. The predicted molar refractivity (Wildman–Crippen MR) is 77.2 cm³/mol. The van der Waals surface area contributed by atoms with Crippen LogP contribution in [0, 0.1) is 0 Å². The molecule has 4 nitrogen and oxygen atoms in total. The van der Waals surface area contributed by atoms with Crippen molar-refractivity contribution in [3.63, 3.8) is 0 Å². The summed E-state index contributed by atoms with van der Waals surface area (Å²) in [7, 11) is 0. The highest BCUT2D eigenvalue weighted by atomic mass is 32.2. The summed E-state index contributed by atoms with van der Waals surface area (Å²) in [5, 5.41) is 12.5. The number of carbonyl (C=O) groups is 1. The fourth-order valence-corrected chi connectivity index (χ4v) is 3.20. The van der Waals surface area contributed by atoms with Crippen molar-refractivity contribution < 1.29 is 14.6 Å². The van der Waals surface area contributed by atoms with Crippen LogP contribution in [0.1, 0.15) is 23.2 Å². The molecule has 2 rings (SSSR count). The van der Waals surface area contributed by atoms with Gasteiger partial charge in [-0.05, 0) is 36.5 Å². The highest BCUT2D eigenvalue weighted by Gasteiger charge is 2.13. The van der Waals surface area contributed by atoms with Crippen LogP contribution in [0.4, 0.5) is 0 Å². The molecule has 1 aromatic rings. The van der Waals surface area contributed by atoms with Gasteiger partial charge < -0.3 is 15.2 Å². The van der Waals surface area contributed by atoms with E-state index in [9.17, 15) is 4.79 Å². The summed E-state index contributed by atoms with van der Waals surface area (Å²) in [4.78, 5) is 11.0. The first-order valence-corrected chi connectivity index (χ1v) is 7.69. The van der Waals surface area contributed by atoms with E-state index in [1.807, 2.05) is 11.8 Å². The molecule has 19 heavy (non-hydrogen) atoms. The van der Waals surface area contributed by atoms with Gasteiger partial charge in [-0.2, -0.15) is 11.8 Å². The summed E-state index contributed by atoms with van der Waals surface area (Å²) in [5.74, 6) is 1.93. The number of thioether (sulfide) groups is 1. The third kappa shape index (κ3) is 4.44. The Kier molecular flexibility index (Phi) is 5.54. The van der Waals surface area contributed by atoms with Gasteiger partial charge in [0.15, 0.2) is 0 Å². The summed E-state index contributed by atoms with van der Waals surface area (Å²) < 4.78 is 5.54. The van der Waals surface area contributed by atoms with Crippen LogP contribution < -0.4 is 10.1 Å². The van der Waals surface area contributed by atoms with Gasteiger partial charge in [-0.1, -0.05) is 12.1 Å². The van der Waals surface area contributed by atoms with Gasteiger partial charge in [-0.25, -0.2) is 4.79 Å². The van der Waals surface area contributed by atoms with E-state index in [4.69, 9.17) is 9.84 Å². The number of ether oxygens (including phenoxy) is 1. The highest BCUT2D eigenvalue weighted by molar-refractivity contribution is 7.99. The minimum atomic E-state index is -0.951. The molecule has 0 amide bonds. The van der Waals surface area contributed by atoms with Crippen LogP contribution >= 0.6 is 11.8 Å². The lowest BCUT2D eigenvalue weighted by Gasteiger charge is -2.22. The molecule has 1 aliphatic heterocycles. The Morgan fingerprint density at radius 3 is 2.84 bits per heavy atom. The molecular weight excluding hydrogens is 262 g/mol. The maximum absolute atomic E-state index is 11.0. The van der Waals surface area contributed by atoms with Crippen molar-refractivity contribution in [3.05, 3.63) is 29.8 Å². The van der Waals surface area contributed by atoms with Gasteiger partial charge in [-0.15, -0.1) is 0 Å². The Labute approximate surface area is 117 Å². The zero-order valence-corrected chi connectivity index (χ0v) is 11.6. The fourth-order valence-electron chi connectivity index (χ4n) is 2.09. The quantitative estimate of drug-likeness (QED) is 0.783. The number of nitrogens with one attached hydrogen (secondary N) is 1. The number of benzene rings is 1. The molecular formula is C14H19NO3S. The van der Waals surface area contributed by atoms with Gasteiger partial charge >= 0.3 is 5.97 Å². The molecule has 0 aromatic heterocycles. The van der Waals surface area contributed by atoms with Crippen molar-refractivity contribution in [1.82, 2.24) is 5.32 Å². The highest BCUT2D eigenvalue weighted by Crippen LogP contribution is 2.18. The van der Waals surface area contributed by atoms with Crippen molar-refractivity contribution >= 4 is 17.7 Å². The van der Waals surface area contributed by atoms with E-state index in [2.05, 4.69) is 5.32 Å². The van der Waals surface area contributed by atoms with Crippen LogP contribution in [-0.2, 0) is 0 Å². The van der Waals surface area contributed by atoms with Crippen LogP contribution in [0.15, 0.2) is 24.3 Å². The molecule has 0 atom stereocenters. The summed E-state index contributed by atoms with van der Waals surface area (Å²) in [6, 6.07) is 7.32. The number of carboxylic acid groups (broad SMARTS) is 1. The van der Waals surface area contributed by atoms with Crippen molar-refractivity contribution in [2.45, 2.75) is 18.9 Å². The maximum Gasteiger partial charge on any atom is 0.339 e. The zero-order valence-electron chi connectivity index (χ0n) is 10.8. The Morgan fingerprint density at radius 1 is 1.37 bits per heavy atom. The third-order valence-electron chi connectivity index (χ3n) is 3.13. The zero-order chi connectivity index (χ0) is 13.5. The summed E-state index contributed by atoms with van der Waals surface area (Å²) in [6.07, 6.45) is 2.41. The topological polar surface area (TPSA) is 58.6 Å². The fraction of sp³-hybridized carbons (Fsp3) is 0.500. The van der Waals surface area contributed by atoms with E-state index >= 15 is 0 Å². The molecule has 1 fully saturated rings. The predicted octanol–water partition coefficient (Wildman–Crippen LogP) is 2.25. The molecule has 104 valence electrons. The van der Waals surface area contributed by atoms with Gasteiger partial charge in [0.25, 0.3) is 0 Å². The van der Waals surface area contributed by atoms with Gasteiger partial charge in [-0.3, -0.25) is 0 Å². The summed E-state index contributed by atoms with van der Waals surface area (Å²) in [6.45, 7) is 1.25. The number of hydrogen-bond acceptors (Lipinski definition) is 4. The number of rotatable bonds is 6. The smallest absolute Gasteiger partial charge is 0.339 e. The summed E-state index contributed by atoms with van der Waals surface area (Å²) >= 11 is 2.00. The van der Waals surface area contributed by atoms with E-state index in [-0.39, 0.29) is 5.56 Å².